The molecule has 0 bridgehead atoms. The third-order valence-electron chi connectivity index (χ3n) is 6.08. The molecular formula is C21H30O10. The molecule has 1 aromatic carbocycles. The van der Waals surface area contributed by atoms with Crippen molar-refractivity contribution in [3.8, 4) is 0 Å². The fourth-order valence-electron chi connectivity index (χ4n) is 4.18. The molecule has 4 rings (SSSR count). The van der Waals surface area contributed by atoms with Crippen LogP contribution in [0.2, 0.25) is 0 Å². The van der Waals surface area contributed by atoms with E-state index in [0.29, 0.717) is 0 Å². The Morgan fingerprint density at radius 1 is 0.935 bits per heavy atom. The summed E-state index contributed by atoms with van der Waals surface area (Å²) in [6.07, 6.45) is -12.0. The first-order valence-corrected chi connectivity index (χ1v) is 10.4. The van der Waals surface area contributed by atoms with Gasteiger partial charge < -0.3 is 49.2 Å². The van der Waals surface area contributed by atoms with Crippen LogP contribution in [0, 0.1) is 6.92 Å². The molecule has 10 nitrogen and oxygen atoms in total. The van der Waals surface area contributed by atoms with Gasteiger partial charge in [0.1, 0.15) is 48.8 Å². The van der Waals surface area contributed by atoms with E-state index in [0.717, 1.165) is 11.1 Å². The van der Waals surface area contributed by atoms with Crippen LogP contribution in [0.1, 0.15) is 24.3 Å². The normalized spacial score (nSPS) is 45.8. The zero-order valence-corrected chi connectivity index (χ0v) is 17.4. The van der Waals surface area contributed by atoms with E-state index in [2.05, 4.69) is 0 Å². The summed E-state index contributed by atoms with van der Waals surface area (Å²) in [5.41, 5.74) is 1.86. The van der Waals surface area contributed by atoms with Crippen LogP contribution in [0.15, 0.2) is 24.3 Å². The lowest BCUT2D eigenvalue weighted by Gasteiger charge is -2.48. The van der Waals surface area contributed by atoms with Crippen LogP contribution in [0.25, 0.3) is 0 Å². The van der Waals surface area contributed by atoms with E-state index in [1.807, 2.05) is 31.2 Å². The molecule has 5 N–H and O–H groups in total. The molecule has 3 aliphatic heterocycles. The number of aliphatic hydroxyl groups excluding tert-OH is 5. The van der Waals surface area contributed by atoms with Gasteiger partial charge >= 0.3 is 0 Å². The van der Waals surface area contributed by atoms with Gasteiger partial charge in [0, 0.05) is 5.56 Å². The smallest absolute Gasteiger partial charge is 0.187 e. The van der Waals surface area contributed by atoms with Crippen LogP contribution >= 0.6 is 0 Å². The SMILES string of the molecule is Cc1ccc(C2OCC3O[C@H](O[C@@H]4C(CO)O[C@@H](C)C(O)[C@H]4O)C(O)[C@@H](O)[C@@H]3O2)cc1. The Balaban J connectivity index is 1.44. The molecule has 31 heavy (non-hydrogen) atoms. The summed E-state index contributed by atoms with van der Waals surface area (Å²) < 4.78 is 28.5. The van der Waals surface area contributed by atoms with Crippen molar-refractivity contribution in [3.63, 3.8) is 0 Å². The highest BCUT2D eigenvalue weighted by Crippen LogP contribution is 2.35. The van der Waals surface area contributed by atoms with Crippen molar-refractivity contribution in [1.29, 1.82) is 0 Å². The Morgan fingerprint density at radius 3 is 2.32 bits per heavy atom. The summed E-state index contributed by atoms with van der Waals surface area (Å²) in [4.78, 5) is 0. The molecule has 0 aliphatic carbocycles. The molecule has 174 valence electrons. The quantitative estimate of drug-likeness (QED) is 0.383. The molecule has 0 radical (unpaired) electrons. The number of aryl methyl sites for hydroxylation is 1. The second-order valence-electron chi connectivity index (χ2n) is 8.34. The fourth-order valence-corrected chi connectivity index (χ4v) is 4.18. The molecule has 3 saturated heterocycles. The largest absolute Gasteiger partial charge is 0.394 e. The highest BCUT2D eigenvalue weighted by atomic mass is 16.8. The van der Waals surface area contributed by atoms with Gasteiger partial charge in [-0.15, -0.1) is 0 Å². The lowest BCUT2D eigenvalue weighted by atomic mass is 9.94. The topological polar surface area (TPSA) is 147 Å². The summed E-state index contributed by atoms with van der Waals surface area (Å²) in [5, 5.41) is 51.3. The first kappa shape index (κ1) is 23.0. The third-order valence-corrected chi connectivity index (χ3v) is 6.08. The van der Waals surface area contributed by atoms with Crippen LogP contribution in [0.4, 0.5) is 0 Å². The van der Waals surface area contributed by atoms with Crippen molar-refractivity contribution < 1.29 is 49.2 Å². The maximum Gasteiger partial charge on any atom is 0.187 e. The average molecular weight is 442 g/mol. The van der Waals surface area contributed by atoms with Gasteiger partial charge in [-0.1, -0.05) is 29.8 Å². The van der Waals surface area contributed by atoms with Gasteiger partial charge in [-0.05, 0) is 13.8 Å². The number of ether oxygens (including phenoxy) is 5. The standard InChI is InChI=1S/C21H30O10/c1-9-3-5-11(6-4-9)20-27-8-13-19(30-20)16(25)17(26)21(29-13)31-18-12(7-22)28-10(2)14(23)15(18)24/h3-6,10,12-26H,7-8H2,1-2H3/t10-,12?,13?,14?,15+,16+,17?,18+,19+,20?,21+/m0/s1. The van der Waals surface area contributed by atoms with Crippen LogP contribution < -0.4 is 0 Å². The molecule has 3 heterocycles. The highest BCUT2D eigenvalue weighted by Gasteiger charge is 2.52. The van der Waals surface area contributed by atoms with E-state index in [-0.39, 0.29) is 6.61 Å². The van der Waals surface area contributed by atoms with Crippen molar-refractivity contribution in [2.75, 3.05) is 13.2 Å². The Labute approximate surface area is 179 Å². The molecule has 10 heteroatoms. The third kappa shape index (κ3) is 4.51. The van der Waals surface area contributed by atoms with Gasteiger partial charge in [0.05, 0.1) is 19.3 Å². The fraction of sp³-hybridized carbons (Fsp3) is 0.714. The van der Waals surface area contributed by atoms with Crippen molar-refractivity contribution >= 4 is 0 Å². The Morgan fingerprint density at radius 2 is 1.65 bits per heavy atom. The second-order valence-corrected chi connectivity index (χ2v) is 8.34. The molecule has 11 atom stereocenters. The van der Waals surface area contributed by atoms with Gasteiger partial charge in [-0.3, -0.25) is 0 Å². The monoisotopic (exact) mass is 442 g/mol. The van der Waals surface area contributed by atoms with Crippen LogP contribution in [0.5, 0.6) is 0 Å². The average Bonchev–Trinajstić information content (AvgIpc) is 2.77. The molecule has 3 aliphatic rings. The number of hydrogen-bond donors (Lipinski definition) is 5. The van der Waals surface area contributed by atoms with Crippen LogP contribution in [-0.4, -0.2) is 100.0 Å². The predicted octanol–water partition coefficient (Wildman–Crippen LogP) is -1.26. The minimum Gasteiger partial charge on any atom is -0.394 e. The highest BCUT2D eigenvalue weighted by molar-refractivity contribution is 5.22. The molecule has 1 aromatic rings. The molecule has 3 fully saturated rings. The molecule has 0 saturated carbocycles. The predicted molar refractivity (Wildman–Crippen MR) is 104 cm³/mol. The Kier molecular flexibility index (Phi) is 6.94. The summed E-state index contributed by atoms with van der Waals surface area (Å²) in [7, 11) is 0. The van der Waals surface area contributed by atoms with Gasteiger partial charge in [0.15, 0.2) is 12.6 Å². The van der Waals surface area contributed by atoms with Gasteiger partial charge in [-0.2, -0.15) is 0 Å². The Bertz CT molecular complexity index is 725. The number of fused-ring (bicyclic) bond motifs is 1. The molecular weight excluding hydrogens is 412 g/mol. The first-order chi connectivity index (χ1) is 14.8. The van der Waals surface area contributed by atoms with E-state index in [9.17, 15) is 25.5 Å². The first-order valence-electron chi connectivity index (χ1n) is 10.4. The van der Waals surface area contributed by atoms with Gasteiger partial charge in [0.2, 0.25) is 0 Å². The number of aliphatic hydroxyl groups is 5. The minimum absolute atomic E-state index is 0.0830. The summed E-state index contributed by atoms with van der Waals surface area (Å²) in [5.74, 6) is 0. The minimum atomic E-state index is -1.50. The lowest BCUT2D eigenvalue weighted by Crippen LogP contribution is -2.65. The Hall–Kier alpha value is -1.18. The van der Waals surface area contributed by atoms with Crippen LogP contribution in [0.3, 0.4) is 0 Å². The van der Waals surface area contributed by atoms with Crippen molar-refractivity contribution in [2.24, 2.45) is 0 Å². The molecule has 0 aromatic heterocycles. The van der Waals surface area contributed by atoms with E-state index in [1.165, 1.54) is 0 Å². The van der Waals surface area contributed by atoms with Crippen molar-refractivity contribution in [3.05, 3.63) is 35.4 Å². The second kappa shape index (κ2) is 9.36. The molecule has 0 spiro atoms. The van der Waals surface area contributed by atoms with E-state index in [1.54, 1.807) is 6.92 Å². The number of rotatable bonds is 4. The van der Waals surface area contributed by atoms with Crippen molar-refractivity contribution in [2.45, 2.75) is 81.4 Å². The summed E-state index contributed by atoms with van der Waals surface area (Å²) in [6.45, 7) is 3.14. The summed E-state index contributed by atoms with van der Waals surface area (Å²) in [6, 6.07) is 7.57. The van der Waals surface area contributed by atoms with E-state index in [4.69, 9.17) is 23.7 Å². The zero-order valence-electron chi connectivity index (χ0n) is 17.4. The maximum absolute atomic E-state index is 10.7. The van der Waals surface area contributed by atoms with E-state index >= 15 is 0 Å². The molecule has 0 amide bonds. The molecule has 5 unspecified atom stereocenters. The maximum atomic E-state index is 10.7. The number of hydrogen-bond acceptors (Lipinski definition) is 10. The summed E-state index contributed by atoms with van der Waals surface area (Å²) >= 11 is 0. The van der Waals surface area contributed by atoms with Crippen molar-refractivity contribution in [1.82, 2.24) is 0 Å². The van der Waals surface area contributed by atoms with E-state index < -0.39 is 74.1 Å². The number of benzene rings is 1. The zero-order chi connectivity index (χ0) is 22.3. The van der Waals surface area contributed by atoms with Gasteiger partial charge in [0.25, 0.3) is 0 Å². The lowest BCUT2D eigenvalue weighted by molar-refractivity contribution is -0.378. The van der Waals surface area contributed by atoms with Gasteiger partial charge in [-0.25, -0.2) is 0 Å². The van der Waals surface area contributed by atoms with Crippen LogP contribution in [-0.2, 0) is 23.7 Å².